The van der Waals surface area contributed by atoms with Crippen molar-refractivity contribution >= 4 is 7.82 Å². The van der Waals surface area contributed by atoms with E-state index in [1.165, 1.54) is 25.7 Å². The summed E-state index contributed by atoms with van der Waals surface area (Å²) in [7, 11) is -4.73. The summed E-state index contributed by atoms with van der Waals surface area (Å²) in [4.78, 5) is 20.1. The summed E-state index contributed by atoms with van der Waals surface area (Å²) >= 11 is 0. The van der Waals surface area contributed by atoms with E-state index in [2.05, 4.69) is 11.4 Å². The van der Waals surface area contributed by atoms with Crippen LogP contribution in [-0.2, 0) is 28.6 Å². The van der Waals surface area contributed by atoms with E-state index in [1.807, 2.05) is 0 Å². The molecule has 0 bridgehead atoms. The molecule has 0 aromatic heterocycles. The van der Waals surface area contributed by atoms with Gasteiger partial charge in [0.1, 0.15) is 0 Å². The van der Waals surface area contributed by atoms with Crippen LogP contribution in [0.2, 0.25) is 0 Å². The summed E-state index contributed by atoms with van der Waals surface area (Å²) in [5.74, 6) is 0. The minimum absolute atomic E-state index is 0. The van der Waals surface area contributed by atoms with E-state index in [1.54, 1.807) is 0 Å². The standard InChI is InChI=1S/C9H21O4P.Zn/c1-2-3-4-5-6-7-8-9-13-14(10,11)12;/h2-9H2,1H3,(H2,10,11,12);/q;+2/p-2. The SMILES string of the molecule is CCCCCCCCCOP(=O)([O-])[O-].[Zn+2]. The van der Waals surface area contributed by atoms with Gasteiger partial charge in [-0.3, -0.25) is 0 Å². The third-order valence-corrected chi connectivity index (χ3v) is 2.50. The van der Waals surface area contributed by atoms with Crippen LogP contribution in [0.1, 0.15) is 51.9 Å². The fourth-order valence-electron chi connectivity index (χ4n) is 1.24. The number of rotatable bonds is 9. The zero-order chi connectivity index (χ0) is 10.9. The van der Waals surface area contributed by atoms with Gasteiger partial charge in [0.15, 0.2) is 0 Å². The maximum Gasteiger partial charge on any atom is 2.00 e. The number of phosphoric ester groups is 1. The summed E-state index contributed by atoms with van der Waals surface area (Å²) in [6.45, 7) is 2.20. The van der Waals surface area contributed by atoms with E-state index in [0.717, 1.165) is 12.8 Å². The Balaban J connectivity index is 0. The first kappa shape index (κ1) is 18.1. The summed E-state index contributed by atoms with van der Waals surface area (Å²) in [5, 5.41) is 0. The van der Waals surface area contributed by atoms with Crippen molar-refractivity contribution in [2.75, 3.05) is 6.61 Å². The minimum Gasteiger partial charge on any atom is -0.790 e. The van der Waals surface area contributed by atoms with Crippen molar-refractivity contribution in [2.24, 2.45) is 0 Å². The number of unbranched alkanes of at least 4 members (excludes halogenated alkanes) is 6. The molecule has 0 unspecified atom stereocenters. The van der Waals surface area contributed by atoms with Crippen LogP contribution in [0.5, 0.6) is 0 Å². The van der Waals surface area contributed by atoms with E-state index in [4.69, 9.17) is 0 Å². The molecule has 0 aromatic rings. The van der Waals surface area contributed by atoms with Gasteiger partial charge in [0.05, 0.1) is 14.4 Å². The molecular formula is C9H19O4PZn. The van der Waals surface area contributed by atoms with E-state index in [0.29, 0.717) is 6.42 Å². The molecule has 0 radical (unpaired) electrons. The van der Waals surface area contributed by atoms with Gasteiger partial charge in [-0.2, -0.15) is 0 Å². The summed E-state index contributed by atoms with van der Waals surface area (Å²) in [6, 6.07) is 0. The second-order valence-electron chi connectivity index (χ2n) is 3.40. The van der Waals surface area contributed by atoms with E-state index < -0.39 is 7.82 Å². The molecule has 0 saturated heterocycles. The molecule has 0 fully saturated rings. The monoisotopic (exact) mass is 286 g/mol. The molecule has 0 aliphatic carbocycles. The van der Waals surface area contributed by atoms with Gasteiger partial charge in [-0.1, -0.05) is 45.4 Å². The van der Waals surface area contributed by atoms with Crippen LogP contribution in [0.15, 0.2) is 0 Å². The van der Waals surface area contributed by atoms with Gasteiger partial charge in [-0.05, 0) is 6.42 Å². The third kappa shape index (κ3) is 17.4. The largest absolute Gasteiger partial charge is 2.00 e. The van der Waals surface area contributed by atoms with Crippen LogP contribution in [-0.4, -0.2) is 6.61 Å². The predicted molar refractivity (Wildman–Crippen MR) is 51.6 cm³/mol. The van der Waals surface area contributed by atoms with Crippen LogP contribution in [0.3, 0.4) is 0 Å². The molecule has 0 amide bonds. The second-order valence-corrected chi connectivity index (χ2v) is 4.55. The Hall–Kier alpha value is 0.733. The average molecular weight is 288 g/mol. The van der Waals surface area contributed by atoms with Crippen molar-refractivity contribution in [1.29, 1.82) is 0 Å². The zero-order valence-corrected chi connectivity index (χ0v) is 13.3. The molecule has 0 aliphatic rings. The fraction of sp³-hybridized carbons (Fsp3) is 1.00. The van der Waals surface area contributed by atoms with E-state index in [-0.39, 0.29) is 26.1 Å². The van der Waals surface area contributed by atoms with Gasteiger partial charge < -0.3 is 18.9 Å². The van der Waals surface area contributed by atoms with Crippen LogP contribution < -0.4 is 9.79 Å². The summed E-state index contributed by atoms with van der Waals surface area (Å²) in [6.07, 6.45) is 7.57. The minimum atomic E-state index is -4.73. The van der Waals surface area contributed by atoms with Gasteiger partial charge in [0.25, 0.3) is 0 Å². The first-order valence-electron chi connectivity index (χ1n) is 5.23. The van der Waals surface area contributed by atoms with Crippen molar-refractivity contribution in [2.45, 2.75) is 51.9 Å². The van der Waals surface area contributed by atoms with Gasteiger partial charge in [0.2, 0.25) is 0 Å². The van der Waals surface area contributed by atoms with Crippen molar-refractivity contribution in [3.05, 3.63) is 0 Å². The van der Waals surface area contributed by atoms with E-state index in [9.17, 15) is 14.4 Å². The van der Waals surface area contributed by atoms with Crippen molar-refractivity contribution in [3.8, 4) is 0 Å². The summed E-state index contributed by atoms with van der Waals surface area (Å²) < 4.78 is 14.2. The smallest absolute Gasteiger partial charge is 0.790 e. The zero-order valence-electron chi connectivity index (χ0n) is 9.44. The topological polar surface area (TPSA) is 72.4 Å². The third-order valence-electron chi connectivity index (χ3n) is 2.00. The second kappa shape index (κ2) is 11.2. The molecule has 0 aromatic carbocycles. The molecule has 86 valence electrons. The fourth-order valence-corrected chi connectivity index (χ4v) is 1.59. The Morgan fingerprint density at radius 2 is 1.47 bits per heavy atom. The van der Waals surface area contributed by atoms with Crippen LogP contribution >= 0.6 is 7.82 Å². The normalized spacial score (nSPS) is 11.1. The molecule has 0 spiro atoms. The Labute approximate surface area is 105 Å². The Morgan fingerprint density at radius 3 is 1.93 bits per heavy atom. The Kier molecular flexibility index (Phi) is 13.6. The van der Waals surface area contributed by atoms with Gasteiger partial charge >= 0.3 is 19.5 Å². The van der Waals surface area contributed by atoms with Crippen molar-refractivity contribution in [3.63, 3.8) is 0 Å². The molecule has 0 N–H and O–H groups in total. The number of hydrogen-bond acceptors (Lipinski definition) is 4. The molecule has 0 aliphatic heterocycles. The van der Waals surface area contributed by atoms with Crippen LogP contribution in [0.25, 0.3) is 0 Å². The molecular weight excluding hydrogens is 268 g/mol. The van der Waals surface area contributed by atoms with Crippen molar-refractivity contribution in [1.82, 2.24) is 0 Å². The van der Waals surface area contributed by atoms with Gasteiger partial charge in [-0.25, -0.2) is 0 Å². The Morgan fingerprint density at radius 1 is 1.00 bits per heavy atom. The predicted octanol–water partition coefficient (Wildman–Crippen LogP) is 1.58. The molecule has 0 heterocycles. The molecule has 4 nitrogen and oxygen atoms in total. The molecule has 0 atom stereocenters. The first-order chi connectivity index (χ1) is 6.56. The quantitative estimate of drug-likeness (QED) is 0.367. The number of hydrogen-bond donors (Lipinski definition) is 0. The Bertz CT molecular complexity index is 171. The average Bonchev–Trinajstić information content (AvgIpc) is 2.08. The molecule has 15 heavy (non-hydrogen) atoms. The first-order valence-corrected chi connectivity index (χ1v) is 6.69. The molecule has 0 saturated carbocycles. The van der Waals surface area contributed by atoms with Crippen molar-refractivity contribution < 1.29 is 38.4 Å². The van der Waals surface area contributed by atoms with Crippen LogP contribution in [0, 0.1) is 0 Å². The molecule has 0 rings (SSSR count). The van der Waals surface area contributed by atoms with Crippen LogP contribution in [0.4, 0.5) is 0 Å². The summed E-state index contributed by atoms with van der Waals surface area (Å²) in [5.41, 5.74) is 0. The molecule has 6 heteroatoms. The maximum atomic E-state index is 10.1. The number of phosphoric acid groups is 1. The maximum absolute atomic E-state index is 10.1. The van der Waals surface area contributed by atoms with Gasteiger partial charge in [0, 0.05) is 0 Å². The van der Waals surface area contributed by atoms with Gasteiger partial charge in [-0.15, -0.1) is 0 Å². The van der Waals surface area contributed by atoms with E-state index >= 15 is 0 Å².